The Bertz CT molecular complexity index is 1010. The molecule has 0 radical (unpaired) electrons. The van der Waals surface area contributed by atoms with Crippen LogP contribution in [0, 0.1) is 5.92 Å². The summed E-state index contributed by atoms with van der Waals surface area (Å²) >= 11 is 0. The minimum Gasteiger partial charge on any atom is -0.497 e. The van der Waals surface area contributed by atoms with Gasteiger partial charge >= 0.3 is 0 Å². The van der Waals surface area contributed by atoms with Crippen LogP contribution in [-0.2, 0) is 11.2 Å². The maximum atomic E-state index is 12.6. The van der Waals surface area contributed by atoms with Gasteiger partial charge in [0.05, 0.1) is 13.2 Å². The Hall–Kier alpha value is -3.15. The van der Waals surface area contributed by atoms with Crippen molar-refractivity contribution in [3.8, 4) is 17.1 Å². The van der Waals surface area contributed by atoms with Crippen LogP contribution < -0.4 is 10.1 Å². The van der Waals surface area contributed by atoms with Crippen molar-refractivity contribution in [3.63, 3.8) is 0 Å². The third-order valence-corrected chi connectivity index (χ3v) is 5.75. The highest BCUT2D eigenvalue weighted by atomic mass is 16.5. The summed E-state index contributed by atoms with van der Waals surface area (Å²) in [7, 11) is 1.65. The van der Waals surface area contributed by atoms with E-state index >= 15 is 0 Å². The fourth-order valence-electron chi connectivity index (χ4n) is 3.67. The molecule has 4 rings (SSSR count). The number of nitrogens with zero attached hydrogens (tertiary/aromatic N) is 2. The predicted octanol–water partition coefficient (Wildman–Crippen LogP) is 5.07. The molecular formula is C25H29N3O3. The summed E-state index contributed by atoms with van der Waals surface area (Å²) < 4.78 is 10.6. The minimum atomic E-state index is -0.00578. The number of aromatic nitrogens is 2. The van der Waals surface area contributed by atoms with E-state index in [-0.39, 0.29) is 11.9 Å². The van der Waals surface area contributed by atoms with Crippen molar-refractivity contribution in [3.05, 3.63) is 65.5 Å². The Labute approximate surface area is 183 Å². The topological polar surface area (TPSA) is 77.2 Å². The van der Waals surface area contributed by atoms with E-state index in [1.54, 1.807) is 7.11 Å². The summed E-state index contributed by atoms with van der Waals surface area (Å²) in [6, 6.07) is 16.1. The first-order valence-corrected chi connectivity index (χ1v) is 10.9. The standard InChI is InChI=1S/C25H29N3O3/c1-16(2)17-4-8-20(9-5-17)25-27-23(31-28-25)15-14-22(29)26-24(18-6-7-18)19-10-12-21(30-3)13-11-19/h4-5,8-13,16,18,24H,6-7,14-15H2,1-3H3,(H,26,29). The molecule has 0 bridgehead atoms. The monoisotopic (exact) mass is 419 g/mol. The molecule has 0 spiro atoms. The van der Waals surface area contributed by atoms with E-state index in [0.29, 0.717) is 36.4 Å². The predicted molar refractivity (Wildman–Crippen MR) is 119 cm³/mol. The summed E-state index contributed by atoms with van der Waals surface area (Å²) in [6.07, 6.45) is 3.01. The van der Waals surface area contributed by atoms with E-state index in [9.17, 15) is 4.79 Å². The second-order valence-electron chi connectivity index (χ2n) is 8.44. The quantitative estimate of drug-likeness (QED) is 0.524. The fourth-order valence-corrected chi connectivity index (χ4v) is 3.67. The van der Waals surface area contributed by atoms with Gasteiger partial charge in [0.15, 0.2) is 0 Å². The molecule has 1 fully saturated rings. The van der Waals surface area contributed by atoms with Crippen LogP contribution in [0.3, 0.4) is 0 Å². The van der Waals surface area contributed by atoms with Gasteiger partial charge in [0, 0.05) is 18.4 Å². The molecule has 0 aliphatic heterocycles. The van der Waals surface area contributed by atoms with E-state index in [0.717, 1.165) is 29.7 Å². The van der Waals surface area contributed by atoms with E-state index < -0.39 is 0 Å². The summed E-state index contributed by atoms with van der Waals surface area (Å²) in [5, 5.41) is 7.26. The smallest absolute Gasteiger partial charge is 0.227 e. The van der Waals surface area contributed by atoms with Crippen molar-refractivity contribution in [2.45, 2.75) is 51.5 Å². The van der Waals surface area contributed by atoms with Crippen molar-refractivity contribution in [2.75, 3.05) is 7.11 Å². The summed E-state index contributed by atoms with van der Waals surface area (Å²) in [5.41, 5.74) is 3.30. The lowest BCUT2D eigenvalue weighted by molar-refractivity contribution is -0.122. The largest absolute Gasteiger partial charge is 0.497 e. The van der Waals surface area contributed by atoms with E-state index in [1.165, 1.54) is 5.56 Å². The number of amides is 1. The normalized spacial score (nSPS) is 14.5. The lowest BCUT2D eigenvalue weighted by Gasteiger charge is -2.19. The molecule has 1 aliphatic carbocycles. The number of benzene rings is 2. The van der Waals surface area contributed by atoms with Gasteiger partial charge in [-0.25, -0.2) is 0 Å². The average molecular weight is 420 g/mol. The van der Waals surface area contributed by atoms with Crippen LogP contribution in [0.25, 0.3) is 11.4 Å². The van der Waals surface area contributed by atoms with Crippen LogP contribution in [0.2, 0.25) is 0 Å². The number of carbonyl (C=O) groups is 1. The number of carbonyl (C=O) groups excluding carboxylic acids is 1. The molecule has 31 heavy (non-hydrogen) atoms. The van der Waals surface area contributed by atoms with Crippen LogP contribution in [-0.4, -0.2) is 23.2 Å². The van der Waals surface area contributed by atoms with Gasteiger partial charge < -0.3 is 14.6 Å². The van der Waals surface area contributed by atoms with Crippen LogP contribution in [0.5, 0.6) is 5.75 Å². The first-order chi connectivity index (χ1) is 15.0. The molecule has 162 valence electrons. The van der Waals surface area contributed by atoms with E-state index in [2.05, 4.69) is 41.4 Å². The summed E-state index contributed by atoms with van der Waals surface area (Å²) in [6.45, 7) is 4.32. The number of nitrogens with one attached hydrogen (secondary N) is 1. The number of hydrogen-bond acceptors (Lipinski definition) is 5. The summed E-state index contributed by atoms with van der Waals surface area (Å²) in [5.74, 6) is 2.82. The van der Waals surface area contributed by atoms with Crippen LogP contribution in [0.15, 0.2) is 53.1 Å². The minimum absolute atomic E-state index is 0.00578. The fraction of sp³-hybridized carbons (Fsp3) is 0.400. The number of hydrogen-bond donors (Lipinski definition) is 1. The molecule has 1 N–H and O–H groups in total. The van der Waals surface area contributed by atoms with Gasteiger partial charge in [0.1, 0.15) is 5.75 Å². The number of rotatable bonds is 9. The van der Waals surface area contributed by atoms with Gasteiger partial charge in [0.2, 0.25) is 17.6 Å². The Morgan fingerprint density at radius 1 is 1.10 bits per heavy atom. The molecule has 6 nitrogen and oxygen atoms in total. The molecule has 1 unspecified atom stereocenters. The second kappa shape index (κ2) is 9.33. The van der Waals surface area contributed by atoms with Crippen LogP contribution >= 0.6 is 0 Å². The van der Waals surface area contributed by atoms with Crippen molar-refractivity contribution in [2.24, 2.45) is 5.92 Å². The third kappa shape index (κ3) is 5.32. The van der Waals surface area contributed by atoms with Crippen molar-refractivity contribution < 1.29 is 14.1 Å². The van der Waals surface area contributed by atoms with Crippen LogP contribution in [0.1, 0.15) is 62.1 Å². The molecule has 1 aliphatic rings. The molecule has 1 saturated carbocycles. The molecule has 0 saturated heterocycles. The molecule has 1 amide bonds. The molecule has 1 heterocycles. The second-order valence-corrected chi connectivity index (χ2v) is 8.44. The van der Waals surface area contributed by atoms with Gasteiger partial charge in [-0.05, 0) is 47.9 Å². The maximum absolute atomic E-state index is 12.6. The molecular weight excluding hydrogens is 390 g/mol. The Morgan fingerprint density at radius 2 is 1.77 bits per heavy atom. The zero-order valence-corrected chi connectivity index (χ0v) is 18.3. The Balaban J connectivity index is 1.34. The van der Waals surface area contributed by atoms with Gasteiger partial charge in [0.25, 0.3) is 0 Å². The molecule has 3 aromatic rings. The zero-order chi connectivity index (χ0) is 21.8. The summed E-state index contributed by atoms with van der Waals surface area (Å²) in [4.78, 5) is 17.1. The molecule has 1 aromatic heterocycles. The SMILES string of the molecule is COc1ccc(C(NC(=O)CCc2nc(-c3ccc(C(C)C)cc3)no2)C2CC2)cc1. The highest BCUT2D eigenvalue weighted by Gasteiger charge is 2.33. The molecule has 2 aromatic carbocycles. The zero-order valence-electron chi connectivity index (χ0n) is 18.3. The highest BCUT2D eigenvalue weighted by Crippen LogP contribution is 2.41. The van der Waals surface area contributed by atoms with Crippen molar-refractivity contribution in [1.82, 2.24) is 15.5 Å². The van der Waals surface area contributed by atoms with Gasteiger partial charge in [-0.2, -0.15) is 4.98 Å². The molecule has 6 heteroatoms. The first kappa shape index (κ1) is 21.1. The first-order valence-electron chi connectivity index (χ1n) is 10.9. The van der Waals surface area contributed by atoms with Gasteiger partial charge in [-0.1, -0.05) is 55.4 Å². The maximum Gasteiger partial charge on any atom is 0.227 e. The van der Waals surface area contributed by atoms with Crippen LogP contribution in [0.4, 0.5) is 0 Å². The number of methoxy groups -OCH3 is 1. The van der Waals surface area contributed by atoms with Crippen molar-refractivity contribution >= 4 is 5.91 Å². The Kier molecular flexibility index (Phi) is 6.35. The Morgan fingerprint density at radius 3 is 2.39 bits per heavy atom. The average Bonchev–Trinajstić information content (AvgIpc) is 3.53. The lowest BCUT2D eigenvalue weighted by Crippen LogP contribution is -2.30. The number of ether oxygens (including phenoxy) is 1. The van der Waals surface area contributed by atoms with E-state index in [1.807, 2.05) is 36.4 Å². The number of aryl methyl sites for hydroxylation is 1. The molecule has 1 atom stereocenters. The van der Waals surface area contributed by atoms with E-state index in [4.69, 9.17) is 9.26 Å². The lowest BCUT2D eigenvalue weighted by atomic mass is 10.0. The van der Waals surface area contributed by atoms with Crippen molar-refractivity contribution in [1.29, 1.82) is 0 Å². The van der Waals surface area contributed by atoms with Gasteiger partial charge in [-0.3, -0.25) is 4.79 Å². The third-order valence-electron chi connectivity index (χ3n) is 5.75. The highest BCUT2D eigenvalue weighted by molar-refractivity contribution is 5.76. The van der Waals surface area contributed by atoms with Gasteiger partial charge in [-0.15, -0.1) is 0 Å².